The van der Waals surface area contributed by atoms with E-state index in [1.807, 2.05) is 0 Å². The molecule has 1 aromatic heterocycles. The highest BCUT2D eigenvalue weighted by atomic mass is 16.7. The van der Waals surface area contributed by atoms with E-state index < -0.39 is 17.8 Å². The molecule has 3 aromatic rings. The van der Waals surface area contributed by atoms with Crippen molar-refractivity contribution in [3.63, 3.8) is 0 Å². The summed E-state index contributed by atoms with van der Waals surface area (Å²) in [5, 5.41) is 0.447. The maximum atomic E-state index is 12.4. The molecule has 26 heavy (non-hydrogen) atoms. The van der Waals surface area contributed by atoms with Crippen LogP contribution in [0.1, 0.15) is 31.1 Å². The number of fused-ring (bicyclic) bond motifs is 1. The lowest BCUT2D eigenvalue weighted by Gasteiger charge is -2.13. The number of benzene rings is 2. The third kappa shape index (κ3) is 2.40. The number of hydroxylamine groups is 2. The van der Waals surface area contributed by atoms with E-state index >= 15 is 0 Å². The van der Waals surface area contributed by atoms with Crippen molar-refractivity contribution in [1.82, 2.24) is 14.6 Å². The van der Waals surface area contributed by atoms with E-state index in [4.69, 9.17) is 4.84 Å². The average Bonchev–Trinajstić information content (AvgIpc) is 3.19. The lowest BCUT2D eigenvalue weighted by molar-refractivity contribution is -0.0584. The van der Waals surface area contributed by atoms with E-state index in [2.05, 4.69) is 4.98 Å². The van der Waals surface area contributed by atoms with Crippen molar-refractivity contribution < 1.29 is 19.2 Å². The van der Waals surface area contributed by atoms with Gasteiger partial charge in [-0.05, 0) is 30.3 Å². The van der Waals surface area contributed by atoms with Crippen molar-refractivity contribution in [2.75, 3.05) is 0 Å². The predicted octanol–water partition coefficient (Wildman–Crippen LogP) is 1.53. The van der Waals surface area contributed by atoms with Gasteiger partial charge in [-0.1, -0.05) is 23.3 Å². The van der Waals surface area contributed by atoms with E-state index in [-0.39, 0.29) is 22.4 Å². The van der Waals surface area contributed by atoms with Crippen molar-refractivity contribution in [1.29, 1.82) is 0 Å². The first kappa shape index (κ1) is 15.6. The summed E-state index contributed by atoms with van der Waals surface area (Å²) in [5.74, 6) is -2.28. The zero-order valence-electron chi connectivity index (χ0n) is 13.2. The van der Waals surface area contributed by atoms with Crippen molar-refractivity contribution in [2.24, 2.45) is 0 Å². The van der Waals surface area contributed by atoms with Crippen LogP contribution in [0.3, 0.4) is 0 Å². The minimum Gasteiger partial charge on any atom is -0.324 e. The smallest absolute Gasteiger partial charge is 0.324 e. The van der Waals surface area contributed by atoms with Gasteiger partial charge in [-0.3, -0.25) is 14.2 Å². The van der Waals surface area contributed by atoms with Crippen molar-refractivity contribution in [3.8, 4) is 5.69 Å². The van der Waals surface area contributed by atoms with Crippen LogP contribution < -0.4 is 5.69 Å². The van der Waals surface area contributed by atoms with Gasteiger partial charge in [0.2, 0.25) is 0 Å². The molecule has 8 nitrogen and oxygen atoms in total. The standard InChI is InChI=1S/C18H11N3O5/c22-15-13-6-1-2-7-14(13)16(23)21(15)26-17(24)11-4-3-5-12(10-11)20-9-8-19-18(20)25/h1-10H,(H,19,25). The summed E-state index contributed by atoms with van der Waals surface area (Å²) in [4.78, 5) is 56.1. The van der Waals surface area contributed by atoms with E-state index in [9.17, 15) is 19.2 Å². The van der Waals surface area contributed by atoms with Gasteiger partial charge in [0.05, 0.1) is 22.4 Å². The molecule has 2 heterocycles. The summed E-state index contributed by atoms with van der Waals surface area (Å²) < 4.78 is 1.30. The molecule has 4 rings (SSSR count). The topological polar surface area (TPSA) is 101 Å². The second-order valence-electron chi connectivity index (χ2n) is 5.51. The molecule has 0 atom stereocenters. The molecular formula is C18H11N3O5. The minimum atomic E-state index is -0.884. The first-order valence-corrected chi connectivity index (χ1v) is 7.63. The molecule has 0 spiro atoms. The number of rotatable bonds is 3. The van der Waals surface area contributed by atoms with E-state index in [0.29, 0.717) is 10.8 Å². The zero-order valence-corrected chi connectivity index (χ0v) is 13.2. The third-order valence-electron chi connectivity index (χ3n) is 3.94. The van der Waals surface area contributed by atoms with Crippen molar-refractivity contribution in [3.05, 3.63) is 88.1 Å². The Kier molecular flexibility index (Phi) is 3.51. The fourth-order valence-corrected chi connectivity index (χ4v) is 2.69. The van der Waals surface area contributed by atoms with Crippen LogP contribution >= 0.6 is 0 Å². The summed E-state index contributed by atoms with van der Waals surface area (Å²) >= 11 is 0. The average molecular weight is 349 g/mol. The second-order valence-corrected chi connectivity index (χ2v) is 5.51. The highest BCUT2D eigenvalue weighted by Gasteiger charge is 2.38. The summed E-state index contributed by atoms with van der Waals surface area (Å²) in [6, 6.07) is 12.3. The molecule has 1 aliphatic heterocycles. The molecule has 0 bridgehead atoms. The van der Waals surface area contributed by atoms with Gasteiger partial charge in [0, 0.05) is 12.4 Å². The monoisotopic (exact) mass is 349 g/mol. The van der Waals surface area contributed by atoms with Gasteiger partial charge in [-0.2, -0.15) is 0 Å². The lowest BCUT2D eigenvalue weighted by Crippen LogP contribution is -2.32. The molecule has 0 radical (unpaired) electrons. The minimum absolute atomic E-state index is 0.0900. The van der Waals surface area contributed by atoms with E-state index in [1.54, 1.807) is 24.3 Å². The Morgan fingerprint density at radius 2 is 1.62 bits per heavy atom. The van der Waals surface area contributed by atoms with Gasteiger partial charge < -0.3 is 9.82 Å². The molecule has 0 saturated heterocycles. The fourth-order valence-electron chi connectivity index (χ4n) is 2.69. The SMILES string of the molecule is O=C(ON1C(=O)c2ccccc2C1=O)c1cccc(-n2cc[nH]c2=O)c1. The third-order valence-corrected chi connectivity index (χ3v) is 3.94. The number of H-pyrrole nitrogens is 1. The first-order valence-electron chi connectivity index (χ1n) is 7.63. The highest BCUT2D eigenvalue weighted by molar-refractivity contribution is 6.21. The molecule has 1 N–H and O–H groups in total. The van der Waals surface area contributed by atoms with Gasteiger partial charge in [0.25, 0.3) is 11.8 Å². The molecule has 1 aliphatic rings. The van der Waals surface area contributed by atoms with Crippen LogP contribution in [0.5, 0.6) is 0 Å². The number of nitrogens with zero attached hydrogens (tertiary/aromatic N) is 2. The van der Waals surface area contributed by atoms with Crippen molar-refractivity contribution >= 4 is 17.8 Å². The van der Waals surface area contributed by atoms with Gasteiger partial charge in [-0.25, -0.2) is 9.59 Å². The highest BCUT2D eigenvalue weighted by Crippen LogP contribution is 2.23. The lowest BCUT2D eigenvalue weighted by atomic mass is 10.1. The molecular weight excluding hydrogens is 338 g/mol. The summed E-state index contributed by atoms with van der Waals surface area (Å²) in [7, 11) is 0. The maximum Gasteiger partial charge on any atom is 0.364 e. The molecule has 0 unspecified atom stereocenters. The Morgan fingerprint density at radius 3 is 2.23 bits per heavy atom. The van der Waals surface area contributed by atoms with Crippen LogP contribution in [0.25, 0.3) is 5.69 Å². The number of aromatic amines is 1. The number of amides is 2. The molecule has 0 saturated carbocycles. The molecule has 0 aliphatic carbocycles. The number of carbonyl (C=O) groups is 3. The Morgan fingerprint density at radius 1 is 0.923 bits per heavy atom. The number of imidazole rings is 1. The maximum absolute atomic E-state index is 12.4. The molecule has 2 amide bonds. The quantitative estimate of drug-likeness (QED) is 0.723. The summed E-state index contributed by atoms with van der Waals surface area (Å²) in [6.45, 7) is 0. The normalized spacial score (nSPS) is 13.0. The van der Waals surface area contributed by atoms with Crippen LogP contribution in [0.2, 0.25) is 0 Å². The first-order chi connectivity index (χ1) is 12.6. The Bertz CT molecular complexity index is 1080. The van der Waals surface area contributed by atoms with Crippen LogP contribution in [-0.2, 0) is 4.84 Å². The van der Waals surface area contributed by atoms with Crippen molar-refractivity contribution in [2.45, 2.75) is 0 Å². The summed E-state index contributed by atoms with van der Waals surface area (Å²) in [5.41, 5.74) is 0.520. The molecule has 2 aromatic carbocycles. The largest absolute Gasteiger partial charge is 0.364 e. The number of hydrogen-bond acceptors (Lipinski definition) is 5. The van der Waals surface area contributed by atoms with E-state index in [0.717, 1.165) is 0 Å². The predicted molar refractivity (Wildman–Crippen MR) is 88.7 cm³/mol. The van der Waals surface area contributed by atoms with Gasteiger partial charge in [0.15, 0.2) is 0 Å². The van der Waals surface area contributed by atoms with E-state index in [1.165, 1.54) is 41.2 Å². The van der Waals surface area contributed by atoms with Crippen LogP contribution in [0.4, 0.5) is 0 Å². The fraction of sp³-hybridized carbons (Fsp3) is 0. The molecule has 128 valence electrons. The van der Waals surface area contributed by atoms with Crippen LogP contribution in [-0.4, -0.2) is 32.4 Å². The van der Waals surface area contributed by atoms with Crippen LogP contribution in [0, 0.1) is 0 Å². The number of nitrogens with one attached hydrogen (secondary N) is 1. The zero-order chi connectivity index (χ0) is 18.3. The number of imide groups is 1. The van der Waals surface area contributed by atoms with Crippen LogP contribution in [0.15, 0.2) is 65.7 Å². The van der Waals surface area contributed by atoms with Gasteiger partial charge >= 0.3 is 11.7 Å². The number of carbonyl (C=O) groups excluding carboxylic acids is 3. The number of aromatic nitrogens is 2. The Balaban J connectivity index is 1.60. The second kappa shape index (κ2) is 5.85. The van der Waals surface area contributed by atoms with Gasteiger partial charge in [0.1, 0.15) is 0 Å². The Labute approximate surface area is 146 Å². The van der Waals surface area contributed by atoms with Gasteiger partial charge in [-0.15, -0.1) is 0 Å². The summed E-state index contributed by atoms with van der Waals surface area (Å²) in [6.07, 6.45) is 2.98. The molecule has 0 fully saturated rings. The number of hydrogen-bond donors (Lipinski definition) is 1. The molecule has 8 heteroatoms. The Hall–Kier alpha value is -3.94.